The molecule has 0 aliphatic heterocycles. The maximum absolute atomic E-state index is 11.4. The molecule has 1 N–H and O–H groups in total. The zero-order chi connectivity index (χ0) is 13.3. The molecule has 0 aromatic rings. The van der Waals surface area contributed by atoms with E-state index in [4.69, 9.17) is 17.0 Å². The van der Waals surface area contributed by atoms with Crippen molar-refractivity contribution in [2.75, 3.05) is 19.7 Å². The predicted octanol–water partition coefficient (Wildman–Crippen LogP) is 2.78. The standard InChI is InChI=1S/C12H24N2O2S/c1-5-7-8-14(6-2)11(17)13-12(15)16-9-10(3)4/h10H,5-9H2,1-4H3,(H,13,15,17). The van der Waals surface area contributed by atoms with Gasteiger partial charge in [-0.1, -0.05) is 27.2 Å². The smallest absolute Gasteiger partial charge is 0.413 e. The number of rotatable bonds is 6. The maximum atomic E-state index is 11.4. The Kier molecular flexibility index (Phi) is 8.76. The first-order chi connectivity index (χ1) is 8.01. The first-order valence-corrected chi connectivity index (χ1v) is 6.64. The molecule has 0 bridgehead atoms. The van der Waals surface area contributed by atoms with Crippen LogP contribution < -0.4 is 5.32 Å². The summed E-state index contributed by atoms with van der Waals surface area (Å²) < 4.78 is 5.01. The molecule has 0 aromatic carbocycles. The monoisotopic (exact) mass is 260 g/mol. The van der Waals surface area contributed by atoms with Crippen molar-refractivity contribution in [3.63, 3.8) is 0 Å². The van der Waals surface area contributed by atoms with Crippen LogP contribution in [-0.4, -0.2) is 35.8 Å². The zero-order valence-corrected chi connectivity index (χ0v) is 12.1. The summed E-state index contributed by atoms with van der Waals surface area (Å²) in [5.74, 6) is 0.330. The number of hydrogen-bond acceptors (Lipinski definition) is 3. The molecule has 4 nitrogen and oxygen atoms in total. The van der Waals surface area contributed by atoms with E-state index in [2.05, 4.69) is 12.2 Å². The number of carbonyl (C=O) groups is 1. The van der Waals surface area contributed by atoms with Crippen LogP contribution in [0.5, 0.6) is 0 Å². The third-order valence-electron chi connectivity index (χ3n) is 2.21. The fraction of sp³-hybridized carbons (Fsp3) is 0.833. The van der Waals surface area contributed by atoms with Gasteiger partial charge >= 0.3 is 6.09 Å². The average Bonchev–Trinajstić information content (AvgIpc) is 2.27. The molecule has 0 rings (SSSR count). The van der Waals surface area contributed by atoms with Crippen LogP contribution >= 0.6 is 12.2 Å². The molecular weight excluding hydrogens is 236 g/mol. The molecule has 100 valence electrons. The van der Waals surface area contributed by atoms with Gasteiger partial charge in [0.2, 0.25) is 0 Å². The molecule has 0 spiro atoms. The van der Waals surface area contributed by atoms with E-state index in [0.29, 0.717) is 17.6 Å². The first kappa shape index (κ1) is 16.2. The Morgan fingerprint density at radius 2 is 2.06 bits per heavy atom. The van der Waals surface area contributed by atoms with Crippen LogP contribution in [0.4, 0.5) is 4.79 Å². The van der Waals surface area contributed by atoms with E-state index in [-0.39, 0.29) is 0 Å². The van der Waals surface area contributed by atoms with Gasteiger partial charge in [0.1, 0.15) is 0 Å². The van der Waals surface area contributed by atoms with Crippen molar-refractivity contribution < 1.29 is 9.53 Å². The van der Waals surface area contributed by atoms with Crippen LogP contribution in [0.1, 0.15) is 40.5 Å². The van der Waals surface area contributed by atoms with E-state index < -0.39 is 6.09 Å². The highest BCUT2D eigenvalue weighted by Crippen LogP contribution is 1.97. The SMILES string of the molecule is CCCCN(CC)C(=S)NC(=O)OCC(C)C. The second-order valence-electron chi connectivity index (χ2n) is 4.36. The lowest BCUT2D eigenvalue weighted by Crippen LogP contribution is -2.43. The summed E-state index contributed by atoms with van der Waals surface area (Å²) in [5, 5.41) is 3.04. The summed E-state index contributed by atoms with van der Waals surface area (Å²) in [7, 11) is 0. The molecule has 0 fully saturated rings. The Labute approximate surface area is 110 Å². The summed E-state index contributed by atoms with van der Waals surface area (Å²) in [6.45, 7) is 10.2. The minimum absolute atomic E-state index is 0.330. The molecule has 5 heteroatoms. The molecule has 0 aliphatic rings. The van der Waals surface area contributed by atoms with Gasteiger partial charge in [0.25, 0.3) is 0 Å². The number of alkyl carbamates (subject to hydrolysis) is 1. The van der Waals surface area contributed by atoms with Crippen LogP contribution in [0, 0.1) is 5.92 Å². The number of carbonyl (C=O) groups excluding carboxylic acids is 1. The summed E-state index contributed by atoms with van der Waals surface area (Å²) in [6, 6.07) is 0. The molecule has 0 saturated heterocycles. The lowest BCUT2D eigenvalue weighted by molar-refractivity contribution is 0.137. The minimum Gasteiger partial charge on any atom is -0.449 e. The van der Waals surface area contributed by atoms with Gasteiger partial charge in [-0.15, -0.1) is 0 Å². The van der Waals surface area contributed by atoms with E-state index in [1.54, 1.807) is 0 Å². The van der Waals surface area contributed by atoms with E-state index >= 15 is 0 Å². The molecule has 1 amide bonds. The van der Waals surface area contributed by atoms with Crippen LogP contribution in [-0.2, 0) is 4.74 Å². The molecule has 0 heterocycles. The van der Waals surface area contributed by atoms with Gasteiger partial charge in [-0.3, -0.25) is 5.32 Å². The van der Waals surface area contributed by atoms with Crippen molar-refractivity contribution >= 4 is 23.4 Å². The number of hydrogen-bond donors (Lipinski definition) is 1. The van der Waals surface area contributed by atoms with Crippen LogP contribution in [0.15, 0.2) is 0 Å². The van der Waals surface area contributed by atoms with Gasteiger partial charge in [0.15, 0.2) is 5.11 Å². The van der Waals surface area contributed by atoms with Crippen molar-refractivity contribution in [1.82, 2.24) is 10.2 Å². The van der Waals surface area contributed by atoms with E-state index in [1.165, 1.54) is 0 Å². The quantitative estimate of drug-likeness (QED) is 0.746. The third-order valence-corrected chi connectivity index (χ3v) is 2.57. The van der Waals surface area contributed by atoms with E-state index in [1.807, 2.05) is 25.7 Å². The number of nitrogens with one attached hydrogen (secondary N) is 1. The first-order valence-electron chi connectivity index (χ1n) is 6.23. The Morgan fingerprint density at radius 3 is 2.53 bits per heavy atom. The molecule has 0 atom stereocenters. The second-order valence-corrected chi connectivity index (χ2v) is 4.74. The van der Waals surface area contributed by atoms with Gasteiger partial charge in [0.05, 0.1) is 6.61 Å². The number of ether oxygens (including phenoxy) is 1. The van der Waals surface area contributed by atoms with Crippen molar-refractivity contribution in [3.05, 3.63) is 0 Å². The summed E-state index contributed by atoms with van der Waals surface area (Å²) in [6.07, 6.45) is 1.71. The Balaban J connectivity index is 3.99. The van der Waals surface area contributed by atoms with E-state index in [9.17, 15) is 4.79 Å². The highest BCUT2D eigenvalue weighted by atomic mass is 32.1. The molecule has 0 radical (unpaired) electrons. The Bertz CT molecular complexity index is 245. The molecule has 0 saturated carbocycles. The largest absolute Gasteiger partial charge is 0.449 e. The number of thiocarbonyl (C=S) groups is 1. The average molecular weight is 260 g/mol. The fourth-order valence-corrected chi connectivity index (χ4v) is 1.50. The molecule has 17 heavy (non-hydrogen) atoms. The number of nitrogens with zero attached hydrogens (tertiary/aromatic N) is 1. The van der Waals surface area contributed by atoms with Crippen LogP contribution in [0.25, 0.3) is 0 Å². The lowest BCUT2D eigenvalue weighted by Gasteiger charge is -2.23. The summed E-state index contributed by atoms with van der Waals surface area (Å²) >= 11 is 5.16. The number of amides is 1. The third kappa shape index (κ3) is 7.96. The molecule has 0 aliphatic carbocycles. The highest BCUT2D eigenvalue weighted by Gasteiger charge is 2.11. The maximum Gasteiger partial charge on any atom is 0.413 e. The molecule has 0 aromatic heterocycles. The summed E-state index contributed by atoms with van der Waals surface area (Å²) in [4.78, 5) is 13.4. The predicted molar refractivity (Wildman–Crippen MR) is 74.1 cm³/mol. The molecule has 0 unspecified atom stereocenters. The topological polar surface area (TPSA) is 41.6 Å². The molecular formula is C12H24N2O2S. The van der Waals surface area contributed by atoms with Gasteiger partial charge in [0, 0.05) is 13.1 Å². The van der Waals surface area contributed by atoms with Crippen molar-refractivity contribution in [3.8, 4) is 0 Å². The minimum atomic E-state index is -0.460. The van der Waals surface area contributed by atoms with E-state index in [0.717, 1.165) is 25.9 Å². The lowest BCUT2D eigenvalue weighted by atomic mass is 10.2. The normalized spacial score (nSPS) is 10.2. The highest BCUT2D eigenvalue weighted by molar-refractivity contribution is 7.80. The van der Waals surface area contributed by atoms with Crippen molar-refractivity contribution in [2.24, 2.45) is 5.92 Å². The zero-order valence-electron chi connectivity index (χ0n) is 11.3. The Hall–Kier alpha value is -0.840. The number of unbranched alkanes of at least 4 members (excludes halogenated alkanes) is 1. The van der Waals surface area contributed by atoms with Gasteiger partial charge in [-0.2, -0.15) is 0 Å². The fourth-order valence-electron chi connectivity index (χ4n) is 1.20. The van der Waals surface area contributed by atoms with Crippen molar-refractivity contribution in [1.29, 1.82) is 0 Å². The van der Waals surface area contributed by atoms with Crippen LogP contribution in [0.2, 0.25) is 0 Å². The second kappa shape index (κ2) is 9.22. The van der Waals surface area contributed by atoms with Gasteiger partial charge in [-0.25, -0.2) is 4.79 Å². The van der Waals surface area contributed by atoms with Crippen molar-refractivity contribution in [2.45, 2.75) is 40.5 Å². The summed E-state index contributed by atoms with van der Waals surface area (Å²) in [5.41, 5.74) is 0. The van der Waals surface area contributed by atoms with Crippen LogP contribution in [0.3, 0.4) is 0 Å². The van der Waals surface area contributed by atoms with Gasteiger partial charge < -0.3 is 9.64 Å². The van der Waals surface area contributed by atoms with Gasteiger partial charge in [-0.05, 0) is 31.5 Å². The Morgan fingerprint density at radius 1 is 1.41 bits per heavy atom.